The molecule has 3 unspecified atom stereocenters. The van der Waals surface area contributed by atoms with Crippen LogP contribution < -0.4 is 5.32 Å². The highest BCUT2D eigenvalue weighted by Crippen LogP contribution is 2.49. The summed E-state index contributed by atoms with van der Waals surface area (Å²) in [6.07, 6.45) is 4.59. The van der Waals surface area contributed by atoms with E-state index in [1.165, 1.54) is 24.2 Å². The van der Waals surface area contributed by atoms with Gasteiger partial charge in [0.15, 0.2) is 0 Å². The van der Waals surface area contributed by atoms with Gasteiger partial charge in [-0.15, -0.1) is 11.3 Å². The summed E-state index contributed by atoms with van der Waals surface area (Å²) in [5.74, 6) is 0.995. The normalized spacial score (nSPS) is 23.8. The quantitative estimate of drug-likeness (QED) is 0.757. The van der Waals surface area contributed by atoms with Crippen LogP contribution in [0.1, 0.15) is 43.0 Å². The number of anilines is 1. The third-order valence-corrected chi connectivity index (χ3v) is 6.56. The van der Waals surface area contributed by atoms with Crippen molar-refractivity contribution in [3.63, 3.8) is 0 Å². The zero-order chi connectivity index (χ0) is 18.1. The number of carbonyl (C=O) groups excluding carboxylic acids is 2. The van der Waals surface area contributed by atoms with Gasteiger partial charge in [-0.25, -0.2) is 4.79 Å². The number of benzene rings is 1. The predicted octanol–water partition coefficient (Wildman–Crippen LogP) is 4.97. The summed E-state index contributed by atoms with van der Waals surface area (Å²) in [5.41, 5.74) is 2.24. The average molecular weight is 369 g/mol. The van der Waals surface area contributed by atoms with Crippen LogP contribution in [0.4, 0.5) is 5.00 Å². The Labute approximate surface area is 157 Å². The van der Waals surface area contributed by atoms with Crippen LogP contribution >= 0.6 is 11.3 Å². The fourth-order valence-corrected chi connectivity index (χ4v) is 5.42. The van der Waals surface area contributed by atoms with E-state index < -0.39 is 0 Å². The molecule has 1 heterocycles. The number of hydrogen-bond acceptors (Lipinski definition) is 4. The molecule has 2 aromatic rings. The van der Waals surface area contributed by atoms with E-state index >= 15 is 0 Å². The first-order valence-corrected chi connectivity index (χ1v) is 10.2. The fraction of sp³-hybridized carbons (Fsp3) is 0.429. The minimum Gasteiger partial charge on any atom is -0.462 e. The minimum atomic E-state index is -0.379. The highest BCUT2D eigenvalue weighted by Gasteiger charge is 2.43. The largest absolute Gasteiger partial charge is 0.462 e. The van der Waals surface area contributed by atoms with Gasteiger partial charge in [0.25, 0.3) is 0 Å². The lowest BCUT2D eigenvalue weighted by Gasteiger charge is -2.20. The third-order valence-electron chi connectivity index (χ3n) is 5.67. The van der Waals surface area contributed by atoms with Gasteiger partial charge in [-0.2, -0.15) is 0 Å². The number of rotatable bonds is 5. The molecule has 2 saturated carbocycles. The minimum absolute atomic E-state index is 0.0595. The Morgan fingerprint density at radius 3 is 2.65 bits per heavy atom. The van der Waals surface area contributed by atoms with Gasteiger partial charge in [-0.1, -0.05) is 36.8 Å². The standard InChI is InChI=1S/C21H23NO3S/c1-2-25-21(24)18-17(14-6-4-3-5-7-14)12-26-20(18)22-19(23)16-11-13-8-9-15(16)10-13/h3-7,12-13,15-16H,2,8-11H2,1H3,(H,22,23). The first kappa shape index (κ1) is 17.3. The molecule has 4 rings (SSSR count). The summed E-state index contributed by atoms with van der Waals surface area (Å²) in [7, 11) is 0. The molecular formula is C21H23NO3S. The van der Waals surface area contributed by atoms with Crippen LogP contribution in [0, 0.1) is 17.8 Å². The first-order chi connectivity index (χ1) is 12.7. The lowest BCUT2D eigenvalue weighted by Crippen LogP contribution is -2.27. The summed E-state index contributed by atoms with van der Waals surface area (Å²) in [5, 5.41) is 5.58. The second-order valence-electron chi connectivity index (χ2n) is 7.21. The van der Waals surface area contributed by atoms with E-state index in [0.29, 0.717) is 29.0 Å². The van der Waals surface area contributed by atoms with E-state index in [9.17, 15) is 9.59 Å². The zero-order valence-electron chi connectivity index (χ0n) is 14.9. The van der Waals surface area contributed by atoms with Gasteiger partial charge in [0.1, 0.15) is 10.6 Å². The third kappa shape index (κ3) is 3.16. The summed E-state index contributed by atoms with van der Waals surface area (Å²) in [6.45, 7) is 2.10. The van der Waals surface area contributed by atoms with Crippen molar-refractivity contribution in [3.8, 4) is 11.1 Å². The van der Waals surface area contributed by atoms with E-state index in [1.54, 1.807) is 6.92 Å². The molecule has 0 aliphatic heterocycles. The molecule has 0 spiro atoms. The molecule has 4 nitrogen and oxygen atoms in total. The maximum absolute atomic E-state index is 12.8. The highest BCUT2D eigenvalue weighted by atomic mass is 32.1. The second kappa shape index (κ2) is 7.23. The molecule has 3 atom stereocenters. The Bertz CT molecular complexity index is 814. The molecular weight excluding hydrogens is 346 g/mol. The number of carbonyl (C=O) groups is 2. The fourth-order valence-electron chi connectivity index (χ4n) is 4.46. The number of amides is 1. The average Bonchev–Trinajstić information content (AvgIpc) is 3.38. The lowest BCUT2D eigenvalue weighted by atomic mass is 9.88. The maximum atomic E-state index is 12.8. The van der Waals surface area contributed by atoms with Gasteiger partial charge >= 0.3 is 5.97 Å². The monoisotopic (exact) mass is 369 g/mol. The van der Waals surface area contributed by atoms with Gasteiger partial charge in [-0.3, -0.25) is 4.79 Å². The molecule has 2 aliphatic rings. The van der Waals surface area contributed by atoms with E-state index in [0.717, 1.165) is 24.0 Å². The summed E-state index contributed by atoms with van der Waals surface area (Å²) < 4.78 is 5.26. The van der Waals surface area contributed by atoms with Crippen LogP contribution in [-0.2, 0) is 9.53 Å². The number of esters is 1. The van der Waals surface area contributed by atoms with E-state index in [4.69, 9.17) is 4.74 Å². The predicted molar refractivity (Wildman–Crippen MR) is 103 cm³/mol. The number of thiophene rings is 1. The van der Waals surface area contributed by atoms with Crippen LogP contribution in [0.25, 0.3) is 11.1 Å². The van der Waals surface area contributed by atoms with Gasteiger partial charge in [0.05, 0.1) is 6.61 Å². The van der Waals surface area contributed by atoms with E-state index in [-0.39, 0.29) is 17.8 Å². The van der Waals surface area contributed by atoms with Crippen molar-refractivity contribution in [1.29, 1.82) is 0 Å². The van der Waals surface area contributed by atoms with Crippen molar-refractivity contribution in [2.75, 3.05) is 11.9 Å². The number of ether oxygens (including phenoxy) is 1. The van der Waals surface area contributed by atoms with Crippen LogP contribution in [0.3, 0.4) is 0 Å². The molecule has 1 aromatic carbocycles. The Morgan fingerprint density at radius 1 is 1.19 bits per heavy atom. The summed E-state index contributed by atoms with van der Waals surface area (Å²) >= 11 is 1.40. The van der Waals surface area contributed by atoms with Gasteiger partial charge in [0, 0.05) is 16.9 Å². The SMILES string of the molecule is CCOC(=O)c1c(-c2ccccc2)csc1NC(=O)C1CC2CCC1C2. The number of hydrogen-bond donors (Lipinski definition) is 1. The van der Waals surface area contributed by atoms with Crippen LogP contribution in [-0.4, -0.2) is 18.5 Å². The lowest BCUT2D eigenvalue weighted by molar-refractivity contribution is -0.121. The molecule has 136 valence electrons. The second-order valence-corrected chi connectivity index (χ2v) is 8.09. The molecule has 2 bridgehead atoms. The van der Waals surface area contributed by atoms with Crippen LogP contribution in [0.2, 0.25) is 0 Å². The molecule has 26 heavy (non-hydrogen) atoms. The molecule has 1 aromatic heterocycles. The maximum Gasteiger partial charge on any atom is 0.341 e. The van der Waals surface area contributed by atoms with Crippen molar-refractivity contribution in [1.82, 2.24) is 0 Å². The van der Waals surface area contributed by atoms with Crippen molar-refractivity contribution >= 4 is 28.2 Å². The molecule has 1 amide bonds. The van der Waals surface area contributed by atoms with E-state index in [2.05, 4.69) is 5.32 Å². The topological polar surface area (TPSA) is 55.4 Å². The van der Waals surface area contributed by atoms with Crippen molar-refractivity contribution in [2.45, 2.75) is 32.6 Å². The van der Waals surface area contributed by atoms with Crippen molar-refractivity contribution in [2.24, 2.45) is 17.8 Å². The van der Waals surface area contributed by atoms with Gasteiger partial charge < -0.3 is 10.1 Å². The molecule has 0 radical (unpaired) electrons. The first-order valence-electron chi connectivity index (χ1n) is 9.32. The van der Waals surface area contributed by atoms with Crippen molar-refractivity contribution in [3.05, 3.63) is 41.3 Å². The van der Waals surface area contributed by atoms with E-state index in [1.807, 2.05) is 35.7 Å². The molecule has 2 fully saturated rings. The Kier molecular flexibility index (Phi) is 4.81. The van der Waals surface area contributed by atoms with Crippen LogP contribution in [0.5, 0.6) is 0 Å². The number of nitrogens with one attached hydrogen (secondary N) is 1. The summed E-state index contributed by atoms with van der Waals surface area (Å²) in [6, 6.07) is 9.75. The summed E-state index contributed by atoms with van der Waals surface area (Å²) in [4.78, 5) is 25.4. The number of fused-ring (bicyclic) bond motifs is 2. The molecule has 1 N–H and O–H groups in total. The van der Waals surface area contributed by atoms with Crippen LogP contribution in [0.15, 0.2) is 35.7 Å². The van der Waals surface area contributed by atoms with Gasteiger partial charge in [0.2, 0.25) is 5.91 Å². The zero-order valence-corrected chi connectivity index (χ0v) is 15.7. The molecule has 0 saturated heterocycles. The Balaban J connectivity index is 1.62. The van der Waals surface area contributed by atoms with Gasteiger partial charge in [-0.05, 0) is 43.6 Å². The Hall–Kier alpha value is -2.14. The Morgan fingerprint density at radius 2 is 2.00 bits per heavy atom. The van der Waals surface area contributed by atoms with Crippen molar-refractivity contribution < 1.29 is 14.3 Å². The molecule has 5 heteroatoms. The highest BCUT2D eigenvalue weighted by molar-refractivity contribution is 7.15. The smallest absolute Gasteiger partial charge is 0.341 e. The molecule has 2 aliphatic carbocycles.